The Bertz CT molecular complexity index is 449. The van der Waals surface area contributed by atoms with E-state index in [-0.39, 0.29) is 17.5 Å². The van der Waals surface area contributed by atoms with Crippen LogP contribution in [0.5, 0.6) is 0 Å². The molecule has 1 unspecified atom stereocenters. The first-order valence-corrected chi connectivity index (χ1v) is 7.94. The Kier molecular flexibility index (Phi) is 5.55. The third-order valence-electron chi connectivity index (χ3n) is 4.16. The standard InChI is InChI=1S/C15H22BrFN2O/c1-2-20-15(7-3-4-8-15)14(19-18)9-11-5-6-12(17)10-13(11)16/h5-6,10,14,19H,2-4,7-9,18H2,1H3. The van der Waals surface area contributed by atoms with E-state index in [1.807, 2.05) is 6.92 Å². The fraction of sp³-hybridized carbons (Fsp3) is 0.600. The summed E-state index contributed by atoms with van der Waals surface area (Å²) in [5, 5.41) is 0. The molecular weight excluding hydrogens is 323 g/mol. The molecule has 0 heterocycles. The number of ether oxygens (including phenoxy) is 1. The number of hydrogen-bond acceptors (Lipinski definition) is 3. The molecule has 0 radical (unpaired) electrons. The van der Waals surface area contributed by atoms with Crippen molar-refractivity contribution >= 4 is 15.9 Å². The van der Waals surface area contributed by atoms with Gasteiger partial charge in [0, 0.05) is 11.1 Å². The van der Waals surface area contributed by atoms with Crippen molar-refractivity contribution in [1.29, 1.82) is 0 Å². The van der Waals surface area contributed by atoms with Crippen LogP contribution in [-0.4, -0.2) is 18.2 Å². The summed E-state index contributed by atoms with van der Waals surface area (Å²) in [6, 6.07) is 4.81. The van der Waals surface area contributed by atoms with Crippen LogP contribution in [0.3, 0.4) is 0 Å². The van der Waals surface area contributed by atoms with Crippen LogP contribution in [-0.2, 0) is 11.2 Å². The highest BCUT2D eigenvalue weighted by Gasteiger charge is 2.41. The highest BCUT2D eigenvalue weighted by atomic mass is 79.9. The van der Waals surface area contributed by atoms with Crippen molar-refractivity contribution in [3.05, 3.63) is 34.1 Å². The molecule has 112 valence electrons. The van der Waals surface area contributed by atoms with E-state index in [0.29, 0.717) is 6.61 Å². The fourth-order valence-corrected chi connectivity index (χ4v) is 3.67. The summed E-state index contributed by atoms with van der Waals surface area (Å²) in [5.41, 5.74) is 3.77. The van der Waals surface area contributed by atoms with Gasteiger partial charge in [0.25, 0.3) is 0 Å². The van der Waals surface area contributed by atoms with Crippen LogP contribution in [0.4, 0.5) is 4.39 Å². The van der Waals surface area contributed by atoms with Crippen LogP contribution >= 0.6 is 15.9 Å². The van der Waals surface area contributed by atoms with E-state index in [1.165, 1.54) is 25.0 Å². The number of halogens is 2. The van der Waals surface area contributed by atoms with Crippen LogP contribution in [0.1, 0.15) is 38.2 Å². The average molecular weight is 345 g/mol. The SMILES string of the molecule is CCOC1(C(Cc2ccc(F)cc2Br)NN)CCCC1. The second-order valence-electron chi connectivity index (χ2n) is 5.36. The third kappa shape index (κ3) is 3.39. The lowest BCUT2D eigenvalue weighted by atomic mass is 9.87. The zero-order chi connectivity index (χ0) is 14.6. The maximum atomic E-state index is 13.2. The molecule has 2 rings (SSSR count). The van der Waals surface area contributed by atoms with Gasteiger partial charge in [-0.15, -0.1) is 0 Å². The number of nitrogens with two attached hydrogens (primary N) is 1. The molecule has 1 aliphatic rings. The highest BCUT2D eigenvalue weighted by Crippen LogP contribution is 2.37. The predicted octanol–water partition coefficient (Wildman–Crippen LogP) is 3.31. The topological polar surface area (TPSA) is 47.3 Å². The second-order valence-corrected chi connectivity index (χ2v) is 6.22. The quantitative estimate of drug-likeness (QED) is 0.614. The maximum absolute atomic E-state index is 13.2. The smallest absolute Gasteiger partial charge is 0.124 e. The summed E-state index contributed by atoms with van der Waals surface area (Å²) in [6.07, 6.45) is 5.10. The zero-order valence-corrected chi connectivity index (χ0v) is 13.4. The van der Waals surface area contributed by atoms with Crippen LogP contribution < -0.4 is 11.3 Å². The maximum Gasteiger partial charge on any atom is 0.124 e. The van der Waals surface area contributed by atoms with E-state index >= 15 is 0 Å². The molecule has 1 aliphatic carbocycles. The van der Waals surface area contributed by atoms with Crippen molar-refractivity contribution in [2.45, 2.75) is 50.7 Å². The molecule has 3 N–H and O–H groups in total. The summed E-state index contributed by atoms with van der Waals surface area (Å²) < 4.78 is 20.0. The Morgan fingerprint density at radius 1 is 1.45 bits per heavy atom. The lowest BCUT2D eigenvalue weighted by Gasteiger charge is -2.37. The third-order valence-corrected chi connectivity index (χ3v) is 4.90. The Labute approximate surface area is 128 Å². The van der Waals surface area contributed by atoms with E-state index in [2.05, 4.69) is 21.4 Å². The number of hydrogen-bond donors (Lipinski definition) is 2. The van der Waals surface area contributed by atoms with Gasteiger partial charge in [0.05, 0.1) is 11.6 Å². The zero-order valence-electron chi connectivity index (χ0n) is 11.8. The van der Waals surface area contributed by atoms with Crippen molar-refractivity contribution in [3.63, 3.8) is 0 Å². The van der Waals surface area contributed by atoms with E-state index in [0.717, 1.165) is 29.3 Å². The molecule has 1 aromatic rings. The first kappa shape index (κ1) is 15.9. The van der Waals surface area contributed by atoms with Crippen molar-refractivity contribution in [3.8, 4) is 0 Å². The average Bonchev–Trinajstić information content (AvgIpc) is 2.88. The number of rotatable bonds is 6. The molecule has 5 heteroatoms. The number of hydrazine groups is 1. The molecule has 1 saturated carbocycles. The number of benzene rings is 1. The van der Waals surface area contributed by atoms with Gasteiger partial charge in [0.15, 0.2) is 0 Å². The molecule has 0 spiro atoms. The van der Waals surface area contributed by atoms with Gasteiger partial charge < -0.3 is 4.74 Å². The molecule has 0 amide bonds. The van der Waals surface area contributed by atoms with Crippen molar-refractivity contribution in [1.82, 2.24) is 5.43 Å². The van der Waals surface area contributed by atoms with E-state index < -0.39 is 0 Å². The van der Waals surface area contributed by atoms with Crippen LogP contribution in [0.2, 0.25) is 0 Å². The largest absolute Gasteiger partial charge is 0.374 e. The summed E-state index contributed by atoms with van der Waals surface area (Å²) in [5.74, 6) is 5.54. The summed E-state index contributed by atoms with van der Waals surface area (Å²) in [4.78, 5) is 0. The van der Waals surface area contributed by atoms with Gasteiger partial charge in [-0.05, 0) is 43.9 Å². The summed E-state index contributed by atoms with van der Waals surface area (Å²) >= 11 is 3.42. The second kappa shape index (κ2) is 6.98. The minimum atomic E-state index is -0.238. The van der Waals surface area contributed by atoms with Gasteiger partial charge in [-0.2, -0.15) is 0 Å². The molecule has 0 aliphatic heterocycles. The lowest BCUT2D eigenvalue weighted by Crippen LogP contribution is -2.54. The van der Waals surface area contributed by atoms with Gasteiger partial charge in [-0.1, -0.05) is 34.8 Å². The molecule has 3 nitrogen and oxygen atoms in total. The van der Waals surface area contributed by atoms with Gasteiger partial charge in [0.2, 0.25) is 0 Å². The molecule has 0 saturated heterocycles. The Hall–Kier alpha value is -0.490. The molecule has 1 fully saturated rings. The first-order valence-electron chi connectivity index (χ1n) is 7.15. The molecule has 20 heavy (non-hydrogen) atoms. The minimum Gasteiger partial charge on any atom is -0.374 e. The van der Waals surface area contributed by atoms with E-state index in [9.17, 15) is 4.39 Å². The monoisotopic (exact) mass is 344 g/mol. The lowest BCUT2D eigenvalue weighted by molar-refractivity contribution is -0.0613. The molecule has 1 aromatic carbocycles. The summed E-state index contributed by atoms with van der Waals surface area (Å²) in [6.45, 7) is 2.70. The first-order chi connectivity index (χ1) is 9.61. The molecule has 1 atom stereocenters. The molecule has 0 aromatic heterocycles. The van der Waals surface area contributed by atoms with Gasteiger partial charge in [-0.25, -0.2) is 4.39 Å². The molecular formula is C15H22BrFN2O. The van der Waals surface area contributed by atoms with Gasteiger partial charge in [-0.3, -0.25) is 11.3 Å². The Morgan fingerprint density at radius 3 is 2.70 bits per heavy atom. The highest BCUT2D eigenvalue weighted by molar-refractivity contribution is 9.10. The fourth-order valence-electron chi connectivity index (χ4n) is 3.16. The normalized spacial score (nSPS) is 19.2. The predicted molar refractivity (Wildman–Crippen MR) is 81.7 cm³/mol. The summed E-state index contributed by atoms with van der Waals surface area (Å²) in [7, 11) is 0. The van der Waals surface area contributed by atoms with E-state index in [1.54, 1.807) is 6.07 Å². The van der Waals surface area contributed by atoms with Crippen molar-refractivity contribution in [2.24, 2.45) is 5.84 Å². The van der Waals surface area contributed by atoms with Crippen LogP contribution in [0, 0.1) is 5.82 Å². The van der Waals surface area contributed by atoms with Crippen molar-refractivity contribution in [2.75, 3.05) is 6.61 Å². The molecule has 0 bridgehead atoms. The number of nitrogens with one attached hydrogen (secondary N) is 1. The Morgan fingerprint density at radius 2 is 2.15 bits per heavy atom. The van der Waals surface area contributed by atoms with Crippen LogP contribution in [0.25, 0.3) is 0 Å². The minimum absolute atomic E-state index is 0.0340. The van der Waals surface area contributed by atoms with E-state index in [4.69, 9.17) is 10.6 Å². The van der Waals surface area contributed by atoms with Crippen LogP contribution in [0.15, 0.2) is 22.7 Å². The van der Waals surface area contributed by atoms with Gasteiger partial charge in [0.1, 0.15) is 5.82 Å². The van der Waals surface area contributed by atoms with Gasteiger partial charge >= 0.3 is 0 Å². The van der Waals surface area contributed by atoms with Crippen molar-refractivity contribution < 1.29 is 9.13 Å². The Balaban J connectivity index is 2.18.